The Morgan fingerprint density at radius 1 is 1.32 bits per heavy atom. The number of rotatable bonds is 12. The molecule has 0 saturated carbocycles. The largest absolute Gasteiger partial charge is 0.464 e. The van der Waals surface area contributed by atoms with Gasteiger partial charge in [0, 0.05) is 6.42 Å². The van der Waals surface area contributed by atoms with Gasteiger partial charge >= 0.3 is 5.97 Å². The molecule has 0 fully saturated rings. The number of primary sulfonamides is 1. The number of ether oxygens (including phenoxy) is 1. The van der Waals surface area contributed by atoms with Gasteiger partial charge in [-0.3, -0.25) is 13.9 Å². The van der Waals surface area contributed by atoms with Crippen LogP contribution in [0.4, 0.5) is 5.69 Å². The summed E-state index contributed by atoms with van der Waals surface area (Å²) in [5.74, 6) is -0.844. The monoisotopic (exact) mass is 549 g/mol. The fourth-order valence-electron chi connectivity index (χ4n) is 2.77. The van der Waals surface area contributed by atoms with Gasteiger partial charge in [0.2, 0.25) is 10.0 Å². The predicted molar refractivity (Wildman–Crippen MR) is 114 cm³/mol. The Balaban J connectivity index is 1.94. The van der Waals surface area contributed by atoms with Crippen molar-refractivity contribution >= 4 is 44.1 Å². The molecular formula is C14H20ClN5O12S2. The molecule has 1 aliphatic heterocycles. The second-order valence-corrected chi connectivity index (χ2v) is 10.5. The Hall–Kier alpha value is -2.68. The molecule has 34 heavy (non-hydrogen) atoms. The first kappa shape index (κ1) is 27.6. The zero-order chi connectivity index (χ0) is 25.7. The molecule has 1 aromatic rings. The second kappa shape index (κ2) is 11.2. The lowest BCUT2D eigenvalue weighted by Gasteiger charge is -2.47. The molecule has 17 nitrogen and oxygen atoms in total. The molecule has 0 saturated heterocycles. The summed E-state index contributed by atoms with van der Waals surface area (Å²) in [5, 5.41) is 26.0. The molecule has 20 heteroatoms. The van der Waals surface area contributed by atoms with Crippen LogP contribution in [0.2, 0.25) is 5.02 Å². The maximum Gasteiger partial charge on any atom is 0.305 e. The highest BCUT2D eigenvalue weighted by Gasteiger charge is 2.34. The van der Waals surface area contributed by atoms with Gasteiger partial charge in [-0.25, -0.2) is 13.6 Å². The summed E-state index contributed by atoms with van der Waals surface area (Å²) < 4.78 is 50.7. The highest BCUT2D eigenvalue weighted by molar-refractivity contribution is 8.22. The van der Waals surface area contributed by atoms with E-state index in [2.05, 4.69) is 15.0 Å². The van der Waals surface area contributed by atoms with Crippen molar-refractivity contribution in [3.05, 3.63) is 37.4 Å². The van der Waals surface area contributed by atoms with Crippen molar-refractivity contribution in [1.29, 1.82) is 0 Å². The molecule has 0 aliphatic carbocycles. The van der Waals surface area contributed by atoms with E-state index in [1.54, 1.807) is 0 Å². The highest BCUT2D eigenvalue weighted by Crippen LogP contribution is 2.57. The van der Waals surface area contributed by atoms with Gasteiger partial charge in [-0.1, -0.05) is 11.6 Å². The molecule has 5 N–H and O–H groups in total. The van der Waals surface area contributed by atoms with Crippen LogP contribution in [-0.4, -0.2) is 70.5 Å². The van der Waals surface area contributed by atoms with Gasteiger partial charge in [-0.2, -0.15) is 4.31 Å². The van der Waals surface area contributed by atoms with Crippen molar-refractivity contribution in [1.82, 2.24) is 4.31 Å². The third-order valence-electron chi connectivity index (χ3n) is 4.32. The van der Waals surface area contributed by atoms with Crippen molar-refractivity contribution in [3.63, 3.8) is 0 Å². The first-order valence-electron chi connectivity index (χ1n) is 9.09. The molecule has 0 bridgehead atoms. The van der Waals surface area contributed by atoms with Crippen LogP contribution in [0.1, 0.15) is 12.8 Å². The number of sulfonamides is 1. The van der Waals surface area contributed by atoms with E-state index in [-0.39, 0.29) is 41.8 Å². The number of carbonyl (C=O) groups is 1. The zero-order valence-corrected chi connectivity index (χ0v) is 19.5. The smallest absolute Gasteiger partial charge is 0.305 e. The molecule has 1 heterocycles. The minimum atomic E-state index is -4.25. The molecule has 1 atom stereocenters. The van der Waals surface area contributed by atoms with E-state index >= 15 is 0 Å². The van der Waals surface area contributed by atoms with Gasteiger partial charge in [-0.15, -0.1) is 31.0 Å². The molecular weight excluding hydrogens is 530 g/mol. The molecule has 192 valence electrons. The normalized spacial score (nSPS) is 16.9. The maximum atomic E-state index is 11.9. The number of halogens is 1. The topological polar surface area (TPSA) is 247 Å². The molecule has 1 unspecified atom stereocenters. The molecule has 2 rings (SSSR count). The van der Waals surface area contributed by atoms with Gasteiger partial charge in [0.05, 0.1) is 28.8 Å². The first-order valence-corrected chi connectivity index (χ1v) is 12.5. The highest BCUT2D eigenvalue weighted by atomic mass is 35.5. The number of nitrogens with two attached hydrogens (primary N) is 1. The Bertz CT molecular complexity index is 1060. The Morgan fingerprint density at radius 3 is 2.59 bits per heavy atom. The van der Waals surface area contributed by atoms with Crippen molar-refractivity contribution in [3.8, 4) is 0 Å². The predicted octanol–water partition coefficient (Wildman–Crippen LogP) is 0.806. The summed E-state index contributed by atoms with van der Waals surface area (Å²) >= 11 is 5.90. The van der Waals surface area contributed by atoms with E-state index in [4.69, 9.17) is 21.5 Å². The van der Waals surface area contributed by atoms with Crippen LogP contribution in [0.3, 0.4) is 0 Å². The Morgan fingerprint density at radius 2 is 2.00 bits per heavy atom. The first-order chi connectivity index (χ1) is 15.7. The SMILES string of the molecule is NS(=O)(=O)c1cc2c(cc1Cl)NCN(CCOC(=O)CCC(CO[N+](=O)[O-])O[N+](=O)[O-])S2(O)O. The Kier molecular flexibility index (Phi) is 9.05. The minimum Gasteiger partial charge on any atom is -0.464 e. The second-order valence-electron chi connectivity index (χ2n) is 6.61. The van der Waals surface area contributed by atoms with Crippen LogP contribution in [0, 0.1) is 20.2 Å². The fourth-order valence-corrected chi connectivity index (χ4v) is 5.50. The van der Waals surface area contributed by atoms with Crippen molar-refractivity contribution in [2.45, 2.75) is 28.7 Å². The summed E-state index contributed by atoms with van der Waals surface area (Å²) in [5.41, 5.74) is 0.180. The summed E-state index contributed by atoms with van der Waals surface area (Å²) in [4.78, 5) is 40.1. The summed E-state index contributed by atoms with van der Waals surface area (Å²) in [6, 6.07) is 2.13. The van der Waals surface area contributed by atoms with E-state index in [9.17, 15) is 42.5 Å². The van der Waals surface area contributed by atoms with Gasteiger partial charge in [0.25, 0.3) is 10.2 Å². The molecule has 0 aromatic heterocycles. The van der Waals surface area contributed by atoms with Crippen LogP contribution in [0.25, 0.3) is 0 Å². The van der Waals surface area contributed by atoms with Gasteiger partial charge in [0.15, 0.2) is 0 Å². The Labute approximate surface area is 198 Å². The molecule has 0 amide bonds. The number of hydrogen-bond donors (Lipinski definition) is 4. The number of anilines is 1. The number of esters is 1. The molecule has 1 aromatic carbocycles. The van der Waals surface area contributed by atoms with Gasteiger partial charge in [-0.05, 0) is 18.6 Å². The lowest BCUT2D eigenvalue weighted by Crippen LogP contribution is -2.39. The molecule has 0 radical (unpaired) electrons. The van der Waals surface area contributed by atoms with Crippen LogP contribution < -0.4 is 10.5 Å². The quantitative estimate of drug-likeness (QED) is 0.160. The van der Waals surface area contributed by atoms with Crippen molar-refractivity contribution in [2.75, 3.05) is 31.7 Å². The van der Waals surface area contributed by atoms with Crippen LogP contribution in [-0.2, 0) is 29.2 Å². The zero-order valence-electron chi connectivity index (χ0n) is 17.1. The average molecular weight is 550 g/mol. The molecule has 1 aliphatic rings. The maximum absolute atomic E-state index is 11.9. The van der Waals surface area contributed by atoms with E-state index < -0.39 is 61.0 Å². The molecule has 0 spiro atoms. The van der Waals surface area contributed by atoms with Gasteiger partial charge < -0.3 is 19.7 Å². The lowest BCUT2D eigenvalue weighted by atomic mass is 10.2. The van der Waals surface area contributed by atoms with E-state index in [0.29, 0.717) is 0 Å². The van der Waals surface area contributed by atoms with E-state index in [0.717, 1.165) is 10.4 Å². The number of benzene rings is 1. The standard InChI is InChI=1S/C14H20ClN5O12S2/c15-10-5-11-13(6-12(10)33(16,26)27)34(28,29)18(8-17-11)3-4-30-14(21)2-1-9(32-20(24)25)7-31-19(22)23/h5-6,9,17,28-29H,1-4,7-8H2,(H2,16,26,27). The van der Waals surface area contributed by atoms with Gasteiger partial charge in [0.1, 0.15) is 24.2 Å². The summed E-state index contributed by atoms with van der Waals surface area (Å²) in [6.07, 6.45) is -2.12. The number of hydrogen-bond acceptors (Lipinski definition) is 14. The third kappa shape index (κ3) is 7.41. The van der Waals surface area contributed by atoms with Crippen LogP contribution in [0.5, 0.6) is 0 Å². The van der Waals surface area contributed by atoms with E-state index in [1.165, 1.54) is 6.07 Å². The fraction of sp³-hybridized carbons (Fsp3) is 0.500. The number of carbonyl (C=O) groups excluding carboxylic acids is 1. The van der Waals surface area contributed by atoms with Crippen molar-refractivity contribution in [2.24, 2.45) is 5.14 Å². The third-order valence-corrected chi connectivity index (χ3v) is 7.65. The minimum absolute atomic E-state index is 0.116. The average Bonchev–Trinajstić information content (AvgIpc) is 2.70. The van der Waals surface area contributed by atoms with Crippen LogP contribution in [0.15, 0.2) is 21.9 Å². The number of fused-ring (bicyclic) bond motifs is 1. The number of nitrogens with one attached hydrogen (secondary N) is 1. The van der Waals surface area contributed by atoms with Crippen molar-refractivity contribution < 1.29 is 46.9 Å². The number of nitrogens with zero attached hydrogens (tertiary/aromatic N) is 3. The van der Waals surface area contributed by atoms with E-state index in [1.807, 2.05) is 0 Å². The lowest BCUT2D eigenvalue weighted by molar-refractivity contribution is -0.790. The van der Waals surface area contributed by atoms with Crippen LogP contribution >= 0.6 is 22.4 Å². The summed E-state index contributed by atoms with van der Waals surface area (Å²) in [6.45, 7) is -1.43. The summed E-state index contributed by atoms with van der Waals surface area (Å²) in [7, 11) is -7.96.